The molecule has 5 heteroatoms. The molecule has 1 heterocycles. The average molecular weight is 337 g/mol. The molecule has 2 rings (SSSR count). The molecule has 0 radical (unpaired) electrons. The van der Waals surface area contributed by atoms with Gasteiger partial charge >= 0.3 is 0 Å². The van der Waals surface area contributed by atoms with Gasteiger partial charge in [-0.3, -0.25) is 0 Å². The lowest BCUT2D eigenvalue weighted by Crippen LogP contribution is -2.36. The van der Waals surface area contributed by atoms with Gasteiger partial charge in [-0.2, -0.15) is 0 Å². The monoisotopic (exact) mass is 336 g/mol. The zero-order chi connectivity index (χ0) is 16.7. The van der Waals surface area contributed by atoms with Crippen LogP contribution in [0.3, 0.4) is 0 Å². The van der Waals surface area contributed by atoms with Crippen LogP contribution in [-0.4, -0.2) is 39.5 Å². The van der Waals surface area contributed by atoms with E-state index in [0.29, 0.717) is 6.54 Å². The molecule has 1 saturated heterocycles. The number of hydrogen-bond acceptors (Lipinski definition) is 3. The van der Waals surface area contributed by atoms with Crippen molar-refractivity contribution in [3.05, 3.63) is 40.8 Å². The number of benzene rings is 1. The van der Waals surface area contributed by atoms with Crippen molar-refractivity contribution in [1.82, 2.24) is 9.62 Å². The predicted molar refractivity (Wildman–Crippen MR) is 96.6 cm³/mol. The number of aryl methyl sites for hydroxylation is 1. The molecule has 1 atom stereocenters. The van der Waals surface area contributed by atoms with Gasteiger partial charge in [0.15, 0.2) is 0 Å². The van der Waals surface area contributed by atoms with Crippen LogP contribution in [0.4, 0.5) is 0 Å². The summed E-state index contributed by atoms with van der Waals surface area (Å²) < 4.78 is 26.6. The van der Waals surface area contributed by atoms with E-state index >= 15 is 0 Å². The van der Waals surface area contributed by atoms with Crippen molar-refractivity contribution in [2.75, 3.05) is 26.2 Å². The summed E-state index contributed by atoms with van der Waals surface area (Å²) in [5, 5.41) is 1.25. The van der Waals surface area contributed by atoms with Crippen molar-refractivity contribution in [2.45, 2.75) is 33.1 Å². The quantitative estimate of drug-likeness (QED) is 0.779. The van der Waals surface area contributed by atoms with Gasteiger partial charge in [-0.05, 0) is 56.8 Å². The maximum atomic E-state index is 12.0. The first-order valence-corrected chi connectivity index (χ1v) is 9.96. The van der Waals surface area contributed by atoms with Crippen molar-refractivity contribution in [3.63, 3.8) is 0 Å². The zero-order valence-electron chi connectivity index (χ0n) is 14.2. The second kappa shape index (κ2) is 8.62. The number of nitrogens with zero attached hydrogens (tertiary/aromatic N) is 1. The fourth-order valence-corrected chi connectivity index (χ4v) is 3.76. The maximum absolute atomic E-state index is 12.0. The lowest BCUT2D eigenvalue weighted by atomic mass is 10.0. The molecule has 1 aliphatic heterocycles. The number of piperidine rings is 1. The Bertz CT molecular complexity index is 608. The first-order valence-electron chi connectivity index (χ1n) is 8.41. The highest BCUT2D eigenvalue weighted by molar-refractivity contribution is 7.92. The fraction of sp³-hybridized carbons (Fsp3) is 0.556. The third-order valence-corrected chi connectivity index (χ3v) is 5.31. The van der Waals surface area contributed by atoms with E-state index in [1.54, 1.807) is 6.08 Å². The minimum absolute atomic E-state index is 0.492. The van der Waals surface area contributed by atoms with E-state index in [9.17, 15) is 8.42 Å². The van der Waals surface area contributed by atoms with Crippen LogP contribution in [0.1, 0.15) is 37.3 Å². The summed E-state index contributed by atoms with van der Waals surface area (Å²) in [7, 11) is -3.35. The van der Waals surface area contributed by atoms with E-state index in [2.05, 4.69) is 16.5 Å². The van der Waals surface area contributed by atoms with E-state index in [1.807, 2.05) is 31.2 Å². The van der Waals surface area contributed by atoms with Gasteiger partial charge in [0.2, 0.25) is 10.0 Å². The maximum Gasteiger partial charge on any atom is 0.233 e. The molecule has 0 spiro atoms. The first-order chi connectivity index (χ1) is 10.9. The Kier molecular flexibility index (Phi) is 6.81. The van der Waals surface area contributed by atoms with Crippen molar-refractivity contribution in [3.8, 4) is 0 Å². The molecule has 1 fully saturated rings. The lowest BCUT2D eigenvalue weighted by Gasteiger charge is -2.30. The van der Waals surface area contributed by atoms with Gasteiger partial charge in [-0.25, -0.2) is 13.1 Å². The molecule has 128 valence electrons. The van der Waals surface area contributed by atoms with E-state index in [4.69, 9.17) is 0 Å². The predicted octanol–water partition coefficient (Wildman–Crippen LogP) is 3.01. The molecule has 0 aromatic heterocycles. The Labute approximate surface area is 140 Å². The van der Waals surface area contributed by atoms with Crippen LogP contribution < -0.4 is 4.72 Å². The Morgan fingerprint density at radius 1 is 1.30 bits per heavy atom. The molecule has 1 unspecified atom stereocenters. The number of sulfonamides is 1. The number of rotatable bonds is 7. The zero-order valence-corrected chi connectivity index (χ0v) is 15.0. The second-order valence-electron chi connectivity index (χ2n) is 6.55. The highest BCUT2D eigenvalue weighted by Crippen LogP contribution is 2.15. The van der Waals surface area contributed by atoms with Crippen LogP contribution in [0.15, 0.2) is 29.7 Å². The number of nitrogens with one attached hydrogen (secondary N) is 1. The summed E-state index contributed by atoms with van der Waals surface area (Å²) in [4.78, 5) is 2.44. The van der Waals surface area contributed by atoms with E-state index < -0.39 is 10.0 Å². The van der Waals surface area contributed by atoms with Gasteiger partial charge in [0.25, 0.3) is 0 Å². The van der Waals surface area contributed by atoms with Gasteiger partial charge in [-0.15, -0.1) is 0 Å². The summed E-state index contributed by atoms with van der Waals surface area (Å²) in [6, 6.07) is 7.77. The molecule has 0 saturated carbocycles. The molecule has 23 heavy (non-hydrogen) atoms. The van der Waals surface area contributed by atoms with Crippen molar-refractivity contribution >= 4 is 16.1 Å². The van der Waals surface area contributed by atoms with E-state index in [-0.39, 0.29) is 0 Å². The Balaban J connectivity index is 1.72. The van der Waals surface area contributed by atoms with Gasteiger partial charge in [0.05, 0.1) is 0 Å². The summed E-state index contributed by atoms with van der Waals surface area (Å²) in [5.41, 5.74) is 2.05. The third-order valence-electron chi connectivity index (χ3n) is 4.21. The molecule has 0 bridgehead atoms. The Hall–Kier alpha value is -1.17. The molecular formula is C18H28N2O2S. The highest BCUT2D eigenvalue weighted by atomic mass is 32.2. The number of hydrogen-bond donors (Lipinski definition) is 1. The fourth-order valence-electron chi connectivity index (χ4n) is 2.90. The molecule has 1 aromatic carbocycles. The van der Waals surface area contributed by atoms with Crippen molar-refractivity contribution < 1.29 is 8.42 Å². The standard InChI is InChI=1S/C18H28N2O2S/c1-16-6-8-18(9-7-16)10-14-23(21,22)19-11-4-13-20-12-3-5-17(2)15-20/h6-10,14,17,19H,3-5,11-13,15H2,1-2H3. The SMILES string of the molecule is Cc1ccc(C=CS(=O)(=O)NCCCN2CCCC(C)C2)cc1. The highest BCUT2D eigenvalue weighted by Gasteiger charge is 2.15. The van der Waals surface area contributed by atoms with Crippen molar-refractivity contribution in [2.24, 2.45) is 5.92 Å². The summed E-state index contributed by atoms with van der Waals surface area (Å²) >= 11 is 0. The molecular weight excluding hydrogens is 308 g/mol. The van der Waals surface area contributed by atoms with Crippen LogP contribution in [0.2, 0.25) is 0 Å². The largest absolute Gasteiger partial charge is 0.303 e. The van der Waals surface area contributed by atoms with Crippen LogP contribution in [-0.2, 0) is 10.0 Å². The van der Waals surface area contributed by atoms with Crippen LogP contribution in [0.25, 0.3) is 6.08 Å². The Morgan fingerprint density at radius 2 is 2.04 bits per heavy atom. The molecule has 1 N–H and O–H groups in total. The van der Waals surface area contributed by atoms with E-state index in [1.165, 1.54) is 18.2 Å². The van der Waals surface area contributed by atoms with Gasteiger partial charge in [0, 0.05) is 18.5 Å². The lowest BCUT2D eigenvalue weighted by molar-refractivity contribution is 0.182. The summed E-state index contributed by atoms with van der Waals surface area (Å²) in [6.45, 7) is 8.03. The van der Waals surface area contributed by atoms with Crippen molar-refractivity contribution in [1.29, 1.82) is 0 Å². The van der Waals surface area contributed by atoms with Crippen LogP contribution in [0, 0.1) is 12.8 Å². The summed E-state index contributed by atoms with van der Waals surface area (Å²) in [6.07, 6.45) is 5.05. The Morgan fingerprint density at radius 3 is 2.74 bits per heavy atom. The smallest absolute Gasteiger partial charge is 0.233 e. The number of likely N-dealkylation sites (tertiary alicyclic amines) is 1. The minimum atomic E-state index is -3.35. The van der Waals surface area contributed by atoms with Crippen LogP contribution in [0.5, 0.6) is 0 Å². The average Bonchev–Trinajstić information content (AvgIpc) is 2.51. The summed E-state index contributed by atoms with van der Waals surface area (Å²) in [5.74, 6) is 0.762. The van der Waals surface area contributed by atoms with Gasteiger partial charge in [-0.1, -0.05) is 36.8 Å². The normalized spacial score (nSPS) is 20.2. The molecule has 0 aliphatic carbocycles. The first kappa shape index (κ1) is 18.2. The van der Waals surface area contributed by atoms with Gasteiger partial charge in [0.1, 0.15) is 0 Å². The minimum Gasteiger partial charge on any atom is -0.303 e. The second-order valence-corrected chi connectivity index (χ2v) is 8.21. The van der Waals surface area contributed by atoms with E-state index in [0.717, 1.165) is 43.1 Å². The molecule has 0 amide bonds. The molecule has 4 nitrogen and oxygen atoms in total. The third kappa shape index (κ3) is 6.85. The van der Waals surface area contributed by atoms with Gasteiger partial charge < -0.3 is 4.90 Å². The molecule has 1 aromatic rings. The topological polar surface area (TPSA) is 49.4 Å². The van der Waals surface area contributed by atoms with Crippen LogP contribution >= 0.6 is 0 Å². The molecule has 1 aliphatic rings.